The van der Waals surface area contributed by atoms with E-state index < -0.39 is 12.1 Å². The molecule has 2 atom stereocenters. The number of amides is 2. The van der Waals surface area contributed by atoms with E-state index in [0.29, 0.717) is 11.5 Å². The first kappa shape index (κ1) is 16.9. The van der Waals surface area contributed by atoms with Crippen LogP contribution in [0.1, 0.15) is 24.3 Å². The molecule has 0 aliphatic rings. The number of nitrogens with one attached hydrogen (secondary N) is 1. The first-order chi connectivity index (χ1) is 11.0. The number of aliphatic hydroxyl groups is 1. The molecule has 6 nitrogen and oxygen atoms in total. The summed E-state index contributed by atoms with van der Waals surface area (Å²) in [5, 5.41) is 12.3. The van der Waals surface area contributed by atoms with Crippen LogP contribution >= 0.6 is 0 Å². The van der Waals surface area contributed by atoms with Crippen molar-refractivity contribution in [3.63, 3.8) is 0 Å². The first-order valence-electron chi connectivity index (χ1n) is 7.39. The van der Waals surface area contributed by atoms with Gasteiger partial charge in [0.25, 0.3) is 0 Å². The summed E-state index contributed by atoms with van der Waals surface area (Å²) in [6.07, 6.45) is 0.961. The molecule has 0 fully saturated rings. The Kier molecular flexibility index (Phi) is 5.65. The van der Waals surface area contributed by atoms with Crippen molar-refractivity contribution in [1.29, 1.82) is 0 Å². The average Bonchev–Trinajstić information content (AvgIpc) is 3.05. The molecular weight excluding hydrogens is 296 g/mol. The largest absolute Gasteiger partial charge is 0.496 e. The van der Waals surface area contributed by atoms with Gasteiger partial charge in [0.1, 0.15) is 17.6 Å². The lowest BCUT2D eigenvalue weighted by Gasteiger charge is -2.24. The van der Waals surface area contributed by atoms with Crippen LogP contribution in [0.5, 0.6) is 5.75 Å². The maximum Gasteiger partial charge on any atom is 0.318 e. The van der Waals surface area contributed by atoms with E-state index in [-0.39, 0.29) is 12.6 Å². The number of urea groups is 1. The lowest BCUT2D eigenvalue weighted by atomic mass is 10.0. The molecule has 0 saturated carbocycles. The first-order valence-corrected chi connectivity index (χ1v) is 7.39. The fourth-order valence-electron chi connectivity index (χ4n) is 2.38. The van der Waals surface area contributed by atoms with Crippen molar-refractivity contribution in [3.05, 3.63) is 54.0 Å². The van der Waals surface area contributed by atoms with Gasteiger partial charge in [0.05, 0.1) is 19.5 Å². The van der Waals surface area contributed by atoms with Crippen LogP contribution in [0.15, 0.2) is 47.1 Å². The summed E-state index contributed by atoms with van der Waals surface area (Å²) in [7, 11) is 3.21. The van der Waals surface area contributed by atoms with Crippen LogP contribution in [0.25, 0.3) is 0 Å². The van der Waals surface area contributed by atoms with Crippen LogP contribution in [0, 0.1) is 0 Å². The van der Waals surface area contributed by atoms with Gasteiger partial charge in [-0.05, 0) is 25.1 Å². The van der Waals surface area contributed by atoms with E-state index >= 15 is 0 Å². The van der Waals surface area contributed by atoms with Gasteiger partial charge >= 0.3 is 6.03 Å². The number of ether oxygens (including phenoxy) is 1. The van der Waals surface area contributed by atoms with Crippen LogP contribution in [-0.2, 0) is 0 Å². The normalized spacial score (nSPS) is 13.2. The lowest BCUT2D eigenvalue weighted by Crippen LogP contribution is -2.42. The summed E-state index contributed by atoms with van der Waals surface area (Å²) in [6, 6.07) is 10.2. The highest BCUT2D eigenvalue weighted by atomic mass is 16.5. The summed E-state index contributed by atoms with van der Waals surface area (Å²) < 4.78 is 10.9. The zero-order valence-electron chi connectivity index (χ0n) is 13.5. The second-order valence-corrected chi connectivity index (χ2v) is 5.37. The molecule has 124 valence electrons. The molecule has 2 unspecified atom stereocenters. The third-order valence-electron chi connectivity index (χ3n) is 3.43. The smallest absolute Gasteiger partial charge is 0.318 e. The van der Waals surface area contributed by atoms with Crippen LogP contribution in [0.4, 0.5) is 4.79 Å². The Bertz CT molecular complexity index is 625. The van der Waals surface area contributed by atoms with Gasteiger partial charge < -0.3 is 24.5 Å². The third-order valence-corrected chi connectivity index (χ3v) is 3.43. The van der Waals surface area contributed by atoms with Gasteiger partial charge in [-0.1, -0.05) is 18.2 Å². The molecule has 1 heterocycles. The van der Waals surface area contributed by atoms with Crippen molar-refractivity contribution in [2.24, 2.45) is 0 Å². The second kappa shape index (κ2) is 7.69. The van der Waals surface area contributed by atoms with Gasteiger partial charge in [0.15, 0.2) is 0 Å². The van der Waals surface area contributed by atoms with Gasteiger partial charge in [0, 0.05) is 19.2 Å². The Balaban J connectivity index is 2.28. The number of nitrogens with zero attached hydrogens (tertiary/aromatic N) is 1. The van der Waals surface area contributed by atoms with Crippen LogP contribution in [0.3, 0.4) is 0 Å². The van der Waals surface area contributed by atoms with E-state index in [1.165, 1.54) is 4.90 Å². The monoisotopic (exact) mass is 318 g/mol. The topological polar surface area (TPSA) is 74.9 Å². The van der Waals surface area contributed by atoms with Crippen molar-refractivity contribution in [2.45, 2.75) is 19.1 Å². The minimum Gasteiger partial charge on any atom is -0.496 e. The summed E-state index contributed by atoms with van der Waals surface area (Å²) in [4.78, 5) is 13.8. The SMILES string of the molecule is COc1ccccc1C(NC(=O)N(C)CC(C)O)c1ccco1. The molecule has 0 bridgehead atoms. The molecule has 6 heteroatoms. The molecule has 2 aromatic rings. The van der Waals surface area contributed by atoms with Gasteiger partial charge in [-0.25, -0.2) is 4.79 Å². The van der Waals surface area contributed by atoms with Crippen molar-refractivity contribution >= 4 is 6.03 Å². The number of rotatable bonds is 6. The minimum atomic E-state index is -0.598. The number of carbonyl (C=O) groups excluding carboxylic acids is 1. The van der Waals surface area contributed by atoms with Gasteiger partial charge in [-0.15, -0.1) is 0 Å². The van der Waals surface area contributed by atoms with Crippen molar-refractivity contribution in [1.82, 2.24) is 10.2 Å². The van der Waals surface area contributed by atoms with E-state index in [0.717, 1.165) is 5.56 Å². The number of furan rings is 1. The lowest BCUT2D eigenvalue weighted by molar-refractivity contribution is 0.142. The number of para-hydroxylation sites is 1. The van der Waals surface area contributed by atoms with Crippen molar-refractivity contribution < 1.29 is 19.1 Å². The molecule has 1 aromatic heterocycles. The zero-order valence-corrected chi connectivity index (χ0v) is 13.5. The fraction of sp³-hybridized carbons (Fsp3) is 0.353. The Morgan fingerprint density at radius 3 is 2.70 bits per heavy atom. The molecule has 0 radical (unpaired) electrons. The highest BCUT2D eigenvalue weighted by Gasteiger charge is 2.24. The summed E-state index contributed by atoms with van der Waals surface area (Å²) >= 11 is 0. The summed E-state index contributed by atoms with van der Waals surface area (Å²) in [6.45, 7) is 1.87. The number of likely N-dealkylation sites (N-methyl/N-ethyl adjacent to an activating group) is 1. The summed E-state index contributed by atoms with van der Waals surface area (Å²) in [5.74, 6) is 1.26. The molecule has 2 amide bonds. The molecule has 1 aromatic carbocycles. The van der Waals surface area contributed by atoms with Crippen LogP contribution in [-0.4, -0.2) is 42.8 Å². The predicted molar refractivity (Wildman–Crippen MR) is 86.4 cm³/mol. The quantitative estimate of drug-likeness (QED) is 0.857. The maximum atomic E-state index is 12.4. The molecule has 0 aliphatic heterocycles. The highest BCUT2D eigenvalue weighted by Crippen LogP contribution is 2.30. The number of carbonyl (C=O) groups is 1. The number of hydrogen-bond acceptors (Lipinski definition) is 4. The second-order valence-electron chi connectivity index (χ2n) is 5.37. The van der Waals surface area contributed by atoms with Crippen molar-refractivity contribution in [2.75, 3.05) is 20.7 Å². The predicted octanol–water partition coefficient (Wildman–Crippen LogP) is 2.40. The van der Waals surface area contributed by atoms with Gasteiger partial charge in [-0.3, -0.25) is 0 Å². The number of benzene rings is 1. The average molecular weight is 318 g/mol. The highest BCUT2D eigenvalue weighted by molar-refractivity contribution is 5.75. The molecule has 0 spiro atoms. The molecule has 2 rings (SSSR count). The zero-order chi connectivity index (χ0) is 16.8. The molecule has 0 saturated heterocycles. The number of methoxy groups -OCH3 is 1. The van der Waals surface area contributed by atoms with Gasteiger partial charge in [0.2, 0.25) is 0 Å². The number of aliphatic hydroxyl groups excluding tert-OH is 1. The van der Waals surface area contributed by atoms with E-state index in [2.05, 4.69) is 5.32 Å². The minimum absolute atomic E-state index is 0.239. The molecule has 23 heavy (non-hydrogen) atoms. The molecule has 2 N–H and O–H groups in total. The van der Waals surface area contributed by atoms with Crippen molar-refractivity contribution in [3.8, 4) is 5.75 Å². The Morgan fingerprint density at radius 2 is 2.09 bits per heavy atom. The fourth-order valence-corrected chi connectivity index (χ4v) is 2.38. The van der Waals surface area contributed by atoms with E-state index in [1.54, 1.807) is 39.5 Å². The van der Waals surface area contributed by atoms with Crippen LogP contribution in [0.2, 0.25) is 0 Å². The van der Waals surface area contributed by atoms with E-state index in [1.807, 2.05) is 24.3 Å². The Morgan fingerprint density at radius 1 is 1.35 bits per heavy atom. The number of hydrogen-bond donors (Lipinski definition) is 2. The van der Waals surface area contributed by atoms with Crippen LogP contribution < -0.4 is 10.1 Å². The third kappa shape index (κ3) is 4.26. The Hall–Kier alpha value is -2.47. The maximum absolute atomic E-state index is 12.4. The van der Waals surface area contributed by atoms with E-state index in [4.69, 9.17) is 9.15 Å². The van der Waals surface area contributed by atoms with E-state index in [9.17, 15) is 9.90 Å². The molecule has 0 aliphatic carbocycles. The standard InChI is InChI=1S/C17H22N2O4/c1-12(20)11-19(2)17(21)18-16(15-9-6-10-23-15)13-7-4-5-8-14(13)22-3/h4-10,12,16,20H,11H2,1-3H3,(H,18,21). The molecular formula is C17H22N2O4. The summed E-state index contributed by atoms with van der Waals surface area (Å²) in [5.41, 5.74) is 0.795. The Labute approximate surface area is 135 Å². The van der Waals surface area contributed by atoms with Gasteiger partial charge in [-0.2, -0.15) is 0 Å².